The highest BCUT2D eigenvalue weighted by Gasteiger charge is 2.15. The summed E-state index contributed by atoms with van der Waals surface area (Å²) in [7, 11) is 2.07. The van der Waals surface area contributed by atoms with Crippen LogP contribution >= 0.6 is 28.1 Å². The third kappa shape index (κ3) is 4.03. The average Bonchev–Trinajstić information content (AvgIpc) is 2.63. The number of rotatable bonds is 7. The highest BCUT2D eigenvalue weighted by atomic mass is 79.9. The maximum atomic E-state index is 5.52. The van der Waals surface area contributed by atoms with Crippen LogP contribution in [-0.2, 0) is 19.5 Å². The first-order valence-electron chi connectivity index (χ1n) is 6.20. The van der Waals surface area contributed by atoms with Crippen LogP contribution in [0.4, 0.5) is 0 Å². The van der Waals surface area contributed by atoms with Crippen molar-refractivity contribution in [3.05, 3.63) is 15.9 Å². The van der Waals surface area contributed by atoms with Crippen molar-refractivity contribution in [3.8, 4) is 0 Å². The van der Waals surface area contributed by atoms with Gasteiger partial charge in [0, 0.05) is 26.1 Å². The number of hydrogen-bond donors (Lipinski definition) is 1. The quantitative estimate of drug-likeness (QED) is 0.778. The Bertz CT molecular complexity index is 416. The fourth-order valence-electron chi connectivity index (χ4n) is 1.80. The van der Waals surface area contributed by atoms with Crippen LogP contribution in [0.5, 0.6) is 0 Å². The zero-order chi connectivity index (χ0) is 13.7. The van der Waals surface area contributed by atoms with Crippen molar-refractivity contribution in [3.63, 3.8) is 0 Å². The van der Waals surface area contributed by atoms with E-state index in [1.165, 1.54) is 5.69 Å². The van der Waals surface area contributed by atoms with Crippen LogP contribution in [0.1, 0.15) is 31.7 Å². The summed E-state index contributed by atoms with van der Waals surface area (Å²) < 4.78 is 3.19. The van der Waals surface area contributed by atoms with Gasteiger partial charge in [0.2, 0.25) is 0 Å². The molecule has 0 unspecified atom stereocenters. The third-order valence-corrected chi connectivity index (χ3v) is 3.97. The number of halogens is 1. The molecular weight excluding hydrogens is 312 g/mol. The van der Waals surface area contributed by atoms with Crippen LogP contribution in [0.25, 0.3) is 0 Å². The molecule has 0 atom stereocenters. The van der Waals surface area contributed by atoms with E-state index >= 15 is 0 Å². The summed E-state index contributed by atoms with van der Waals surface area (Å²) in [6.07, 6.45) is 1.70. The monoisotopic (exact) mass is 332 g/mol. The summed E-state index contributed by atoms with van der Waals surface area (Å²) in [4.78, 5) is 2.78. The molecule has 6 heteroatoms. The summed E-state index contributed by atoms with van der Waals surface area (Å²) in [6, 6.07) is 0. The first kappa shape index (κ1) is 15.6. The summed E-state index contributed by atoms with van der Waals surface area (Å²) in [6.45, 7) is 6.84. The number of aryl methyl sites for hydroxylation is 2. The van der Waals surface area contributed by atoms with Gasteiger partial charge in [-0.3, -0.25) is 4.68 Å². The van der Waals surface area contributed by atoms with Gasteiger partial charge in [0.25, 0.3) is 0 Å². The minimum Gasteiger partial charge on any atom is -0.393 e. The van der Waals surface area contributed by atoms with Gasteiger partial charge in [0.05, 0.1) is 20.8 Å². The van der Waals surface area contributed by atoms with Gasteiger partial charge in [-0.15, -0.1) is 0 Å². The van der Waals surface area contributed by atoms with Gasteiger partial charge in [-0.05, 0) is 36.3 Å². The van der Waals surface area contributed by atoms with Gasteiger partial charge in [-0.25, -0.2) is 0 Å². The summed E-state index contributed by atoms with van der Waals surface area (Å²) in [5.41, 5.74) is 7.87. The fourth-order valence-corrected chi connectivity index (χ4v) is 2.59. The van der Waals surface area contributed by atoms with Gasteiger partial charge in [-0.2, -0.15) is 5.10 Å². The fraction of sp³-hybridized carbons (Fsp3) is 0.667. The van der Waals surface area contributed by atoms with Crippen molar-refractivity contribution >= 4 is 33.1 Å². The van der Waals surface area contributed by atoms with E-state index in [1.54, 1.807) is 0 Å². The van der Waals surface area contributed by atoms with E-state index in [1.807, 2.05) is 0 Å². The molecule has 0 saturated heterocycles. The lowest BCUT2D eigenvalue weighted by Crippen LogP contribution is -2.24. The van der Waals surface area contributed by atoms with Crippen molar-refractivity contribution in [1.82, 2.24) is 14.7 Å². The van der Waals surface area contributed by atoms with Crippen LogP contribution in [0.2, 0.25) is 0 Å². The van der Waals surface area contributed by atoms with E-state index in [-0.39, 0.29) is 0 Å². The molecule has 18 heavy (non-hydrogen) atoms. The predicted molar refractivity (Wildman–Crippen MR) is 82.7 cm³/mol. The number of aromatic nitrogens is 2. The molecule has 0 aromatic carbocycles. The molecule has 0 aliphatic carbocycles. The Kier molecular flexibility index (Phi) is 6.25. The van der Waals surface area contributed by atoms with Gasteiger partial charge in [0.1, 0.15) is 0 Å². The van der Waals surface area contributed by atoms with E-state index in [0.29, 0.717) is 4.99 Å². The Labute approximate surface area is 123 Å². The highest BCUT2D eigenvalue weighted by Crippen LogP contribution is 2.23. The highest BCUT2D eigenvalue weighted by molar-refractivity contribution is 9.10. The molecule has 0 radical (unpaired) electrons. The number of thiocarbonyl (C=S) groups is 1. The van der Waals surface area contributed by atoms with Crippen LogP contribution in [0, 0.1) is 0 Å². The van der Waals surface area contributed by atoms with Gasteiger partial charge < -0.3 is 10.6 Å². The van der Waals surface area contributed by atoms with Crippen molar-refractivity contribution in [2.45, 2.75) is 39.8 Å². The van der Waals surface area contributed by atoms with Gasteiger partial charge >= 0.3 is 0 Å². The molecule has 1 aromatic heterocycles. The minimum atomic E-state index is 0.569. The first-order valence-corrected chi connectivity index (χ1v) is 7.40. The van der Waals surface area contributed by atoms with Gasteiger partial charge in [-0.1, -0.05) is 19.1 Å². The van der Waals surface area contributed by atoms with Gasteiger partial charge in [0.15, 0.2) is 0 Å². The van der Waals surface area contributed by atoms with Crippen molar-refractivity contribution in [2.75, 3.05) is 13.6 Å². The second-order valence-electron chi connectivity index (χ2n) is 4.33. The second-order valence-corrected chi connectivity index (χ2v) is 5.65. The van der Waals surface area contributed by atoms with Crippen molar-refractivity contribution in [2.24, 2.45) is 5.73 Å². The molecule has 0 aliphatic rings. The molecule has 0 bridgehead atoms. The summed E-state index contributed by atoms with van der Waals surface area (Å²) in [5.74, 6) is 0. The largest absolute Gasteiger partial charge is 0.393 e. The predicted octanol–water partition coefficient (Wildman–Crippen LogP) is 2.34. The zero-order valence-corrected chi connectivity index (χ0v) is 13.6. The van der Waals surface area contributed by atoms with E-state index in [4.69, 9.17) is 18.0 Å². The summed E-state index contributed by atoms with van der Waals surface area (Å²) in [5, 5.41) is 4.59. The minimum absolute atomic E-state index is 0.569. The average molecular weight is 333 g/mol. The van der Waals surface area contributed by atoms with Crippen molar-refractivity contribution in [1.29, 1.82) is 0 Å². The Morgan fingerprint density at radius 3 is 2.67 bits per heavy atom. The maximum absolute atomic E-state index is 5.52. The second kappa shape index (κ2) is 7.21. The van der Waals surface area contributed by atoms with E-state index in [0.717, 1.165) is 42.6 Å². The lowest BCUT2D eigenvalue weighted by molar-refractivity contribution is 0.324. The summed E-state index contributed by atoms with van der Waals surface area (Å²) >= 11 is 8.55. The van der Waals surface area contributed by atoms with E-state index < -0.39 is 0 Å². The lowest BCUT2D eigenvalue weighted by Gasteiger charge is -2.17. The number of nitrogens with two attached hydrogens (primary N) is 1. The lowest BCUT2D eigenvalue weighted by atomic mass is 10.3. The van der Waals surface area contributed by atoms with Crippen LogP contribution in [-0.4, -0.2) is 33.3 Å². The molecule has 1 aromatic rings. The standard InChI is InChI=1S/C12H21BrN4S/c1-4-9-12(13)10(17(5-2)15-9)8-16(3)7-6-11(14)18/h4-8H2,1-3H3,(H2,14,18). The van der Waals surface area contributed by atoms with E-state index in [9.17, 15) is 0 Å². The number of hydrogen-bond acceptors (Lipinski definition) is 3. The van der Waals surface area contributed by atoms with Crippen LogP contribution < -0.4 is 5.73 Å². The molecule has 0 saturated carbocycles. The van der Waals surface area contributed by atoms with Crippen molar-refractivity contribution < 1.29 is 0 Å². The van der Waals surface area contributed by atoms with Crippen LogP contribution in [0.15, 0.2) is 4.47 Å². The molecule has 0 spiro atoms. The number of nitrogens with zero attached hydrogens (tertiary/aromatic N) is 3. The molecular formula is C12H21BrN4S. The molecule has 0 fully saturated rings. The Hall–Kier alpha value is -0.460. The molecule has 1 rings (SSSR count). The SMILES string of the molecule is CCc1nn(CC)c(CN(C)CCC(N)=S)c1Br. The Morgan fingerprint density at radius 2 is 2.17 bits per heavy atom. The van der Waals surface area contributed by atoms with Crippen LogP contribution in [0.3, 0.4) is 0 Å². The molecule has 1 heterocycles. The smallest absolute Gasteiger partial charge is 0.0767 e. The van der Waals surface area contributed by atoms with E-state index in [2.05, 4.69) is 51.5 Å². The third-order valence-electron chi connectivity index (χ3n) is 2.85. The first-order chi connectivity index (χ1) is 8.49. The topological polar surface area (TPSA) is 47.1 Å². The Balaban J connectivity index is 2.76. The maximum Gasteiger partial charge on any atom is 0.0767 e. The molecule has 0 amide bonds. The molecule has 4 nitrogen and oxygen atoms in total. The Morgan fingerprint density at radius 1 is 1.50 bits per heavy atom. The normalized spacial score (nSPS) is 11.2. The molecule has 102 valence electrons. The zero-order valence-electron chi connectivity index (χ0n) is 11.2. The molecule has 2 N–H and O–H groups in total. The molecule has 0 aliphatic heterocycles.